The Hall–Kier alpha value is -10.1. The van der Waals surface area contributed by atoms with Crippen molar-refractivity contribution in [2.24, 2.45) is 11.8 Å². The average molecular weight is 1570 g/mol. The first-order valence-electron chi connectivity index (χ1n) is 37.8. The van der Waals surface area contributed by atoms with E-state index in [-0.39, 0.29) is 114 Å². The van der Waals surface area contributed by atoms with E-state index in [1.807, 2.05) is 0 Å². The predicted octanol–water partition coefficient (Wildman–Crippen LogP) is 12.5. The smallest absolute Gasteiger partial charge is 0.408 e. The van der Waals surface area contributed by atoms with Crippen molar-refractivity contribution >= 4 is 81.6 Å². The molecule has 0 aliphatic carbocycles. The number of alkyl carbamates (subject to hydrolysis) is 4. The summed E-state index contributed by atoms with van der Waals surface area (Å²) in [6.45, 7) is 19.2. The Morgan fingerprint density at radius 3 is 1.31 bits per heavy atom. The molecule has 10 atom stereocenters. The number of amides is 6. The molecule has 6 heterocycles. The molecule has 33 heteroatoms. The second-order valence-electron chi connectivity index (χ2n) is 31.5. The number of nitrogens with one attached hydrogen (secondary N) is 4. The molecule has 4 aliphatic rings. The SMILES string of the molecule is COC(=O)N[C@H](C(=O)N1CCC[C@H]1c1nc2cc([C@H]3CC[C@H](c4cc5c(cc4F)nc([C@@H]4CCCN4C(=O)[C@@H](NC(=O)OC)[C@@H](C)OC)n5COC(=O)[C@@H](NC(=O)OC(C)(C)C)C(C)C)N3c3cc(F)c(N4CCC(c5ccc(F)cc5)CC4)c(F)c3)c(F)cc2n1COC(=O)[C@@H](NC(=O)OC(C)(C)C)C(C)C)[C@@H](C)OC. The molecule has 4 saturated heterocycles. The summed E-state index contributed by atoms with van der Waals surface area (Å²) in [5.74, 6) is -8.06. The quantitative estimate of drug-likeness (QED) is 0.0235. The molecular weight excluding hydrogens is 1470 g/mol. The van der Waals surface area contributed by atoms with Crippen LogP contribution in [0, 0.1) is 40.9 Å². The fourth-order valence-electron chi connectivity index (χ4n) is 15.3. The van der Waals surface area contributed by atoms with E-state index < -0.39 is 174 Å². The van der Waals surface area contributed by atoms with Gasteiger partial charge in [0.05, 0.1) is 72.7 Å². The van der Waals surface area contributed by atoms with Crippen LogP contribution in [0.5, 0.6) is 0 Å². The van der Waals surface area contributed by atoms with E-state index in [4.69, 9.17) is 47.9 Å². The minimum Gasteiger partial charge on any atom is -0.453 e. The van der Waals surface area contributed by atoms with Gasteiger partial charge < -0.3 is 78.8 Å². The lowest BCUT2D eigenvalue weighted by Gasteiger charge is -2.36. The van der Waals surface area contributed by atoms with E-state index in [1.54, 1.807) is 100 Å². The van der Waals surface area contributed by atoms with E-state index in [2.05, 4.69) is 21.3 Å². The molecule has 4 N–H and O–H groups in total. The van der Waals surface area contributed by atoms with Crippen molar-refractivity contribution in [2.45, 2.75) is 226 Å². The van der Waals surface area contributed by atoms with Crippen LogP contribution < -0.4 is 31.1 Å². The highest BCUT2D eigenvalue weighted by Crippen LogP contribution is 2.51. The summed E-state index contributed by atoms with van der Waals surface area (Å²) >= 11 is 0. The predicted molar refractivity (Wildman–Crippen MR) is 401 cm³/mol. The van der Waals surface area contributed by atoms with Gasteiger partial charge in [0, 0.05) is 69.3 Å². The van der Waals surface area contributed by atoms with Crippen molar-refractivity contribution < 1.29 is 98.2 Å². The zero-order chi connectivity index (χ0) is 81.7. The Bertz CT molecular complexity index is 4420. The van der Waals surface area contributed by atoms with Gasteiger partial charge in [-0.25, -0.2) is 60.7 Å². The number of halogens is 5. The Kier molecular flexibility index (Phi) is 26.6. The first-order valence-corrected chi connectivity index (χ1v) is 37.8. The summed E-state index contributed by atoms with van der Waals surface area (Å²) in [6.07, 6.45) is -3.15. The number of aromatic nitrogens is 4. The summed E-state index contributed by atoms with van der Waals surface area (Å²) in [7, 11) is 5.00. The van der Waals surface area contributed by atoms with Gasteiger partial charge >= 0.3 is 36.3 Å². The summed E-state index contributed by atoms with van der Waals surface area (Å²) in [6, 6.07) is 4.13. The van der Waals surface area contributed by atoms with Crippen molar-refractivity contribution in [3.05, 3.63) is 118 Å². The van der Waals surface area contributed by atoms with E-state index in [0.29, 0.717) is 25.7 Å². The number of benzene rings is 4. The first kappa shape index (κ1) is 84.4. The maximum atomic E-state index is 18.3. The zero-order valence-corrected chi connectivity index (χ0v) is 66.2. The molecule has 4 aromatic carbocycles. The summed E-state index contributed by atoms with van der Waals surface area (Å²) in [5, 5.41) is 10.3. The van der Waals surface area contributed by atoms with Gasteiger partial charge in [0.1, 0.15) is 70.2 Å². The van der Waals surface area contributed by atoms with Gasteiger partial charge in [0.15, 0.2) is 25.1 Å². The Balaban J connectivity index is 1.12. The van der Waals surface area contributed by atoms with E-state index in [1.165, 1.54) is 62.3 Å². The fourth-order valence-corrected chi connectivity index (χ4v) is 15.3. The Morgan fingerprint density at radius 2 is 0.893 bits per heavy atom. The van der Waals surface area contributed by atoms with Gasteiger partial charge in [-0.3, -0.25) is 18.7 Å². The minimum absolute atomic E-state index is 0.0118. The van der Waals surface area contributed by atoms with Crippen molar-refractivity contribution in [1.82, 2.24) is 50.2 Å². The van der Waals surface area contributed by atoms with Crippen LogP contribution in [0.3, 0.4) is 0 Å². The second kappa shape index (κ2) is 35.3. The molecule has 2 aromatic heterocycles. The van der Waals surface area contributed by atoms with Crippen LogP contribution in [0.15, 0.2) is 60.7 Å². The largest absolute Gasteiger partial charge is 0.453 e. The number of esters is 2. The molecule has 10 rings (SSSR count). The van der Waals surface area contributed by atoms with E-state index in [0.717, 1.165) is 44.0 Å². The molecule has 610 valence electrons. The van der Waals surface area contributed by atoms with E-state index in [9.17, 15) is 42.7 Å². The van der Waals surface area contributed by atoms with Crippen LogP contribution in [0.4, 0.5) is 52.5 Å². The lowest BCUT2D eigenvalue weighted by molar-refractivity contribution is -0.152. The molecule has 4 fully saturated rings. The third-order valence-electron chi connectivity index (χ3n) is 21.0. The standard InChI is InChI=1S/C79H103F5N12O16/c1-41(2)63(87-76(103)111-78(7,8)9)72(99)109-39-94-61-36-50(51(81)37-56(61)86-69(94)60-20-18-30-93(60)71(98)66(44(6)106-14)90-75(102)108-16)58-26-25-57(96(58)48-33-53(83)67(54(84)34-48)91-31-27-46(28-32-91)45-21-23-47(80)24-22-45)49-35-55-62(38-52(49)82)95(40-110-73(100)64(42(3)4)88-77(104)112-79(10,11)12)68(85-55)59-19-17-29-92(59)70(97)65(43(5)105-13)89-74(101)107-15/h21-24,33-38,41-44,46,57-60,63-66H,17-20,25-32,39-40H2,1-16H3,(H,87,103)(H,88,104)(H,89,101)(H,90,102)/t43-,44-,57-,58-,59+,60+,63+,64+,65+,66+/m1/s1. The molecule has 4 aliphatic heterocycles. The molecule has 112 heavy (non-hydrogen) atoms. The van der Waals surface area contributed by atoms with Gasteiger partial charge in [-0.1, -0.05) is 39.8 Å². The van der Waals surface area contributed by atoms with Gasteiger partial charge in [-0.2, -0.15) is 0 Å². The lowest BCUT2D eigenvalue weighted by atomic mass is 9.89. The topological polar surface area (TPSA) is 307 Å². The number of methoxy groups -OCH3 is 4. The maximum absolute atomic E-state index is 18.3. The number of fused-ring (bicyclic) bond motifs is 2. The van der Waals surface area contributed by atoms with Crippen molar-refractivity contribution in [3.8, 4) is 0 Å². The van der Waals surface area contributed by atoms with Crippen LogP contribution >= 0.6 is 0 Å². The average Bonchev–Trinajstić information content (AvgIpc) is 1.58. The maximum Gasteiger partial charge on any atom is 0.408 e. The molecule has 0 unspecified atom stereocenters. The van der Waals surface area contributed by atoms with Gasteiger partial charge in [-0.05, 0) is 166 Å². The van der Waals surface area contributed by atoms with Gasteiger partial charge in [0.25, 0.3) is 0 Å². The van der Waals surface area contributed by atoms with Crippen LogP contribution in [-0.2, 0) is 70.5 Å². The van der Waals surface area contributed by atoms with Crippen LogP contribution in [-0.4, -0.2) is 179 Å². The van der Waals surface area contributed by atoms with Gasteiger partial charge in [0.2, 0.25) is 11.8 Å². The number of ether oxygens (including phenoxy) is 8. The molecule has 0 saturated carbocycles. The Morgan fingerprint density at radius 1 is 0.482 bits per heavy atom. The summed E-state index contributed by atoms with van der Waals surface area (Å²) in [5.41, 5.74) is -1.35. The summed E-state index contributed by atoms with van der Waals surface area (Å²) in [4.78, 5) is 126. The number of piperidine rings is 1. The molecule has 0 bridgehead atoms. The number of anilines is 2. The number of likely N-dealkylation sites (tertiary alicyclic amines) is 2. The third kappa shape index (κ3) is 19.0. The normalized spacial score (nSPS) is 19.3. The number of nitrogens with zero attached hydrogens (tertiary/aromatic N) is 8. The fraction of sp³-hybridized carbons (Fsp3) is 0.570. The number of hydrogen-bond donors (Lipinski definition) is 4. The number of carbonyl (C=O) groups is 8. The third-order valence-corrected chi connectivity index (χ3v) is 21.0. The highest BCUT2D eigenvalue weighted by Gasteiger charge is 2.45. The molecule has 28 nitrogen and oxygen atoms in total. The molecular formula is C79H103F5N12O16. The number of imidazole rings is 2. The second-order valence-corrected chi connectivity index (χ2v) is 31.5. The van der Waals surface area contributed by atoms with Crippen LogP contribution in [0.25, 0.3) is 22.1 Å². The highest BCUT2D eigenvalue weighted by atomic mass is 19.1. The van der Waals surface area contributed by atoms with Crippen molar-refractivity contribution in [2.75, 3.05) is 64.4 Å². The van der Waals surface area contributed by atoms with Crippen molar-refractivity contribution in [1.29, 1.82) is 0 Å². The van der Waals surface area contributed by atoms with E-state index >= 15 is 17.6 Å². The number of carbonyl (C=O) groups excluding carboxylic acids is 8. The molecule has 6 amide bonds. The highest BCUT2D eigenvalue weighted by molar-refractivity contribution is 5.89. The Labute approximate surface area is 647 Å². The van der Waals surface area contributed by atoms with Crippen molar-refractivity contribution in [3.63, 3.8) is 0 Å². The van der Waals surface area contributed by atoms with Gasteiger partial charge in [-0.15, -0.1) is 0 Å². The summed E-state index contributed by atoms with van der Waals surface area (Å²) < 4.78 is 132. The van der Waals surface area contributed by atoms with Crippen LogP contribution in [0.2, 0.25) is 0 Å². The monoisotopic (exact) mass is 1570 g/mol. The number of hydrogen-bond acceptors (Lipinski definition) is 20. The minimum atomic E-state index is -1.29. The number of rotatable bonds is 25. The molecule has 6 aromatic rings. The zero-order valence-electron chi connectivity index (χ0n) is 66.2. The molecule has 0 radical (unpaired) electrons. The van der Waals surface area contributed by atoms with Crippen LogP contribution in [0.1, 0.15) is 193 Å². The first-order chi connectivity index (χ1) is 52.9. The lowest BCUT2D eigenvalue weighted by Crippen LogP contribution is -2.54. The molecule has 0 spiro atoms.